The minimum Gasteiger partial charge on any atom is -0.379 e. The molecule has 3 aromatic rings. The fourth-order valence-corrected chi connectivity index (χ4v) is 4.32. The minimum absolute atomic E-state index is 0.0263. The average molecular weight is 454 g/mol. The lowest BCUT2D eigenvalue weighted by molar-refractivity contribution is -0.128. The molecule has 1 heterocycles. The lowest BCUT2D eigenvalue weighted by Gasteiger charge is -2.21. The molecule has 0 saturated carbocycles. The summed E-state index contributed by atoms with van der Waals surface area (Å²) < 4.78 is 7.31. The van der Waals surface area contributed by atoms with Crippen molar-refractivity contribution >= 4 is 28.6 Å². The van der Waals surface area contributed by atoms with Gasteiger partial charge in [0.15, 0.2) is 5.16 Å². The highest BCUT2D eigenvalue weighted by Crippen LogP contribution is 2.19. The second kappa shape index (κ2) is 11.8. The van der Waals surface area contributed by atoms with E-state index in [0.29, 0.717) is 48.7 Å². The summed E-state index contributed by atoms with van der Waals surface area (Å²) in [6, 6.07) is 17.3. The van der Waals surface area contributed by atoms with Gasteiger partial charge in [0.05, 0.1) is 22.8 Å². The zero-order valence-corrected chi connectivity index (χ0v) is 19.8. The third-order valence-electron chi connectivity index (χ3n) is 5.08. The monoisotopic (exact) mass is 453 g/mol. The first-order valence-corrected chi connectivity index (χ1v) is 12.0. The molecule has 0 aliphatic carbocycles. The summed E-state index contributed by atoms with van der Waals surface area (Å²) in [7, 11) is 0. The summed E-state index contributed by atoms with van der Waals surface area (Å²) in [5.74, 6) is 0.256. The summed E-state index contributed by atoms with van der Waals surface area (Å²) in [5.41, 5.74) is 1.67. The second-order valence-corrected chi connectivity index (χ2v) is 8.77. The molecule has 32 heavy (non-hydrogen) atoms. The van der Waals surface area contributed by atoms with E-state index in [-0.39, 0.29) is 23.3 Å². The molecular formula is C25H31N3O3S. The maximum atomic E-state index is 13.1. The van der Waals surface area contributed by atoms with Gasteiger partial charge in [0.2, 0.25) is 5.91 Å². The van der Waals surface area contributed by atoms with Crippen LogP contribution in [0.3, 0.4) is 0 Å². The number of carbonyl (C=O) groups is 1. The van der Waals surface area contributed by atoms with Gasteiger partial charge in [-0.25, -0.2) is 4.98 Å². The molecule has 6 nitrogen and oxygen atoms in total. The number of hydrogen-bond acceptors (Lipinski definition) is 5. The summed E-state index contributed by atoms with van der Waals surface area (Å²) in [4.78, 5) is 32.6. The number of nitrogens with zero attached hydrogens (tertiary/aromatic N) is 3. The van der Waals surface area contributed by atoms with Crippen LogP contribution < -0.4 is 5.56 Å². The predicted octanol–water partition coefficient (Wildman–Crippen LogP) is 4.35. The van der Waals surface area contributed by atoms with E-state index in [4.69, 9.17) is 9.72 Å². The van der Waals surface area contributed by atoms with Crippen molar-refractivity contribution in [2.24, 2.45) is 0 Å². The number of benzene rings is 2. The van der Waals surface area contributed by atoms with Gasteiger partial charge in [0.25, 0.3) is 5.56 Å². The number of fused-ring (bicyclic) bond motifs is 1. The molecule has 170 valence electrons. The predicted molar refractivity (Wildman–Crippen MR) is 130 cm³/mol. The summed E-state index contributed by atoms with van der Waals surface area (Å²) in [5, 5.41) is 1.16. The van der Waals surface area contributed by atoms with Crippen LogP contribution in [0.25, 0.3) is 10.9 Å². The second-order valence-electron chi connectivity index (χ2n) is 7.82. The molecular weight excluding hydrogens is 422 g/mol. The van der Waals surface area contributed by atoms with E-state index in [1.165, 1.54) is 11.8 Å². The van der Waals surface area contributed by atoms with Crippen molar-refractivity contribution in [1.82, 2.24) is 14.5 Å². The summed E-state index contributed by atoms with van der Waals surface area (Å²) >= 11 is 1.32. The van der Waals surface area contributed by atoms with Crippen molar-refractivity contribution < 1.29 is 9.53 Å². The smallest absolute Gasteiger partial charge is 0.262 e. The van der Waals surface area contributed by atoms with Gasteiger partial charge >= 0.3 is 0 Å². The number of ether oxygens (including phenoxy) is 1. The number of hydrogen-bond donors (Lipinski definition) is 0. The van der Waals surface area contributed by atoms with Crippen LogP contribution in [0.4, 0.5) is 0 Å². The highest BCUT2D eigenvalue weighted by Gasteiger charge is 2.16. The SMILES string of the molecule is CCN(Cc1ccccc1)C(=O)CSc1nc2ccccc2c(=O)n1CCCOC(C)C. The molecule has 1 amide bonds. The van der Waals surface area contributed by atoms with Gasteiger partial charge in [-0.15, -0.1) is 0 Å². The molecule has 7 heteroatoms. The van der Waals surface area contributed by atoms with Crippen LogP contribution in [0.5, 0.6) is 0 Å². The molecule has 0 N–H and O–H groups in total. The fraction of sp³-hybridized carbons (Fsp3) is 0.400. The summed E-state index contributed by atoms with van der Waals surface area (Å²) in [6.07, 6.45) is 0.854. The molecule has 1 aromatic heterocycles. The highest BCUT2D eigenvalue weighted by molar-refractivity contribution is 7.99. The van der Waals surface area contributed by atoms with E-state index in [0.717, 1.165) is 5.56 Å². The lowest BCUT2D eigenvalue weighted by atomic mass is 10.2. The number of aromatic nitrogens is 2. The molecule has 0 bridgehead atoms. The standard InChI is InChI=1S/C25H31N3O3S/c1-4-27(17-20-11-6-5-7-12-20)23(29)18-32-25-26-22-14-9-8-13-21(22)24(30)28(25)15-10-16-31-19(2)3/h5-9,11-14,19H,4,10,15-18H2,1-3H3. The van der Waals surface area contributed by atoms with Crippen molar-refractivity contribution in [3.63, 3.8) is 0 Å². The van der Waals surface area contributed by atoms with Crippen LogP contribution >= 0.6 is 11.8 Å². The van der Waals surface area contributed by atoms with Gasteiger partial charge in [-0.2, -0.15) is 0 Å². The van der Waals surface area contributed by atoms with Crippen LogP contribution in [0, 0.1) is 0 Å². The lowest BCUT2D eigenvalue weighted by Crippen LogP contribution is -2.32. The Kier molecular flexibility index (Phi) is 8.88. The van der Waals surface area contributed by atoms with E-state index in [2.05, 4.69) is 0 Å². The Balaban J connectivity index is 1.76. The number of rotatable bonds is 11. The molecule has 0 atom stereocenters. The topological polar surface area (TPSA) is 64.4 Å². The molecule has 3 rings (SSSR count). The molecule has 0 fully saturated rings. The van der Waals surface area contributed by atoms with Gasteiger partial charge < -0.3 is 9.64 Å². The quantitative estimate of drug-likeness (QED) is 0.245. The van der Waals surface area contributed by atoms with E-state index in [1.807, 2.05) is 74.2 Å². The van der Waals surface area contributed by atoms with Crippen molar-refractivity contribution in [3.8, 4) is 0 Å². The Morgan fingerprint density at radius 3 is 2.56 bits per heavy atom. The van der Waals surface area contributed by atoms with Crippen LogP contribution in [-0.4, -0.2) is 45.4 Å². The largest absolute Gasteiger partial charge is 0.379 e. The Hall–Kier alpha value is -2.64. The van der Waals surface area contributed by atoms with E-state index in [9.17, 15) is 9.59 Å². The van der Waals surface area contributed by atoms with Crippen molar-refractivity contribution in [1.29, 1.82) is 0 Å². The Labute approximate surface area is 193 Å². The highest BCUT2D eigenvalue weighted by atomic mass is 32.2. The Morgan fingerprint density at radius 1 is 1.12 bits per heavy atom. The molecule has 0 radical (unpaired) electrons. The number of thioether (sulfide) groups is 1. The fourth-order valence-electron chi connectivity index (χ4n) is 3.39. The van der Waals surface area contributed by atoms with E-state index >= 15 is 0 Å². The Morgan fingerprint density at radius 2 is 1.84 bits per heavy atom. The zero-order valence-electron chi connectivity index (χ0n) is 19.0. The van der Waals surface area contributed by atoms with Crippen LogP contribution in [0.1, 0.15) is 32.8 Å². The molecule has 0 aliphatic heterocycles. The van der Waals surface area contributed by atoms with Crippen molar-refractivity contribution in [2.75, 3.05) is 18.9 Å². The first-order valence-electron chi connectivity index (χ1n) is 11.0. The maximum Gasteiger partial charge on any atom is 0.262 e. The van der Waals surface area contributed by atoms with Crippen molar-refractivity contribution in [3.05, 3.63) is 70.5 Å². The van der Waals surface area contributed by atoms with Gasteiger partial charge in [-0.05, 0) is 44.9 Å². The first-order chi connectivity index (χ1) is 15.5. The number of para-hydroxylation sites is 1. The zero-order chi connectivity index (χ0) is 22.9. The molecule has 0 unspecified atom stereocenters. The number of carbonyl (C=O) groups excluding carboxylic acids is 1. The van der Waals surface area contributed by atoms with Crippen LogP contribution in [0.2, 0.25) is 0 Å². The van der Waals surface area contributed by atoms with E-state index < -0.39 is 0 Å². The van der Waals surface area contributed by atoms with E-state index in [1.54, 1.807) is 10.6 Å². The van der Waals surface area contributed by atoms with Crippen LogP contribution in [-0.2, 0) is 22.6 Å². The molecule has 0 aliphatic rings. The van der Waals surface area contributed by atoms with Gasteiger partial charge in [-0.3, -0.25) is 14.2 Å². The van der Waals surface area contributed by atoms with Gasteiger partial charge in [-0.1, -0.05) is 54.2 Å². The molecule has 2 aromatic carbocycles. The van der Waals surface area contributed by atoms with Crippen molar-refractivity contribution in [2.45, 2.75) is 51.5 Å². The Bertz CT molecular complexity index is 1080. The summed E-state index contributed by atoms with van der Waals surface area (Å²) in [6.45, 7) is 8.23. The number of amides is 1. The van der Waals surface area contributed by atoms with Gasteiger partial charge in [0, 0.05) is 26.2 Å². The average Bonchev–Trinajstić information content (AvgIpc) is 2.80. The molecule has 0 saturated heterocycles. The van der Waals surface area contributed by atoms with Crippen LogP contribution in [0.15, 0.2) is 64.5 Å². The first kappa shape index (κ1) is 24.0. The molecule has 0 spiro atoms. The maximum absolute atomic E-state index is 13.1. The third kappa shape index (κ3) is 6.43. The minimum atomic E-state index is -0.0771. The third-order valence-corrected chi connectivity index (χ3v) is 6.04. The normalized spacial score (nSPS) is 11.2. The van der Waals surface area contributed by atoms with Gasteiger partial charge in [0.1, 0.15) is 0 Å².